The van der Waals surface area contributed by atoms with E-state index in [9.17, 15) is 14.7 Å². The summed E-state index contributed by atoms with van der Waals surface area (Å²) < 4.78 is -0.525. The topological polar surface area (TPSA) is 110 Å². The van der Waals surface area contributed by atoms with Crippen molar-refractivity contribution in [1.29, 1.82) is 0 Å². The highest BCUT2D eigenvalue weighted by Crippen LogP contribution is 2.53. The van der Waals surface area contributed by atoms with Crippen LogP contribution >= 0.6 is 10.0 Å². The number of aliphatic hydroxyl groups is 1. The number of fused-ring (bicyclic) bond motifs is 1. The second-order valence-corrected chi connectivity index (χ2v) is 14.6. The maximum atomic E-state index is 13.2. The fourth-order valence-corrected chi connectivity index (χ4v) is 5.24. The fourth-order valence-electron chi connectivity index (χ4n) is 3.96. The third-order valence-electron chi connectivity index (χ3n) is 7.28. The Bertz CT molecular complexity index is 1020. The Morgan fingerprint density at radius 1 is 1.27 bits per heavy atom. The molecule has 3 amide bonds. The number of anilines is 1. The van der Waals surface area contributed by atoms with Crippen molar-refractivity contribution >= 4 is 27.8 Å². The van der Waals surface area contributed by atoms with Crippen molar-refractivity contribution in [2.75, 3.05) is 30.2 Å². The average molecular weight is 476 g/mol. The number of urea groups is 1. The Morgan fingerprint density at radius 3 is 2.48 bits per heavy atom. The van der Waals surface area contributed by atoms with E-state index >= 15 is 0 Å². The van der Waals surface area contributed by atoms with Crippen molar-refractivity contribution in [1.82, 2.24) is 20.4 Å². The number of nitrogens with zero attached hydrogens (tertiary/aromatic N) is 2. The molecule has 33 heavy (non-hydrogen) atoms. The molecular weight excluding hydrogens is 438 g/mol. The third-order valence-corrected chi connectivity index (χ3v) is 11.7. The molecule has 0 radical (unpaired) electrons. The molecule has 9 heteroatoms. The molecule has 1 aromatic heterocycles. The standard InChI is InChI=1S/C24H37N5O3S/c1-8-33(6,7)24(4,5)21(31)26-20-17-14-29(23(2,3)19(17)27-28-20)22(32)25-18(15-30)16-12-10-9-11-13-16/h9-13,18,30H,8,14-15H2,1-7H3,(H,25,32)(H2,26,27,28,31). The summed E-state index contributed by atoms with van der Waals surface area (Å²) in [6.45, 7) is 10.1. The first-order valence-electron chi connectivity index (χ1n) is 11.2. The molecule has 2 aromatic rings. The predicted molar refractivity (Wildman–Crippen MR) is 135 cm³/mol. The number of hydrogen-bond acceptors (Lipinski definition) is 4. The molecule has 0 fully saturated rings. The molecule has 1 unspecified atom stereocenters. The molecule has 1 aliphatic heterocycles. The van der Waals surface area contributed by atoms with Gasteiger partial charge in [0.25, 0.3) is 0 Å². The van der Waals surface area contributed by atoms with Crippen LogP contribution in [0.15, 0.2) is 30.3 Å². The minimum Gasteiger partial charge on any atom is -0.394 e. The van der Waals surface area contributed by atoms with E-state index in [4.69, 9.17) is 0 Å². The van der Waals surface area contributed by atoms with Gasteiger partial charge in [-0.15, -0.1) is 0 Å². The normalized spacial score (nSPS) is 16.8. The van der Waals surface area contributed by atoms with Gasteiger partial charge in [0.15, 0.2) is 5.82 Å². The van der Waals surface area contributed by atoms with E-state index in [0.29, 0.717) is 12.4 Å². The summed E-state index contributed by atoms with van der Waals surface area (Å²) >= 11 is 0. The Kier molecular flexibility index (Phi) is 6.87. The molecule has 0 saturated carbocycles. The highest BCUT2D eigenvalue weighted by Gasteiger charge is 2.45. The number of carbonyl (C=O) groups excluding carboxylic acids is 2. The smallest absolute Gasteiger partial charge is 0.319 e. The monoisotopic (exact) mass is 475 g/mol. The van der Waals surface area contributed by atoms with Crippen molar-refractivity contribution in [3.05, 3.63) is 47.2 Å². The molecule has 2 heterocycles. The molecule has 0 aliphatic carbocycles. The highest BCUT2D eigenvalue weighted by molar-refractivity contribution is 8.34. The number of H-pyrrole nitrogens is 1. The van der Waals surface area contributed by atoms with Gasteiger partial charge in [-0.2, -0.15) is 5.10 Å². The van der Waals surface area contributed by atoms with Crippen LogP contribution in [0.3, 0.4) is 0 Å². The zero-order valence-electron chi connectivity index (χ0n) is 20.7. The molecule has 8 nitrogen and oxygen atoms in total. The van der Waals surface area contributed by atoms with Gasteiger partial charge < -0.3 is 20.6 Å². The van der Waals surface area contributed by atoms with Gasteiger partial charge in [-0.25, -0.2) is 14.8 Å². The highest BCUT2D eigenvalue weighted by atomic mass is 32.3. The Balaban J connectivity index is 1.79. The second-order valence-electron chi connectivity index (χ2n) is 9.96. The van der Waals surface area contributed by atoms with Gasteiger partial charge in [0.1, 0.15) is 0 Å². The molecule has 182 valence electrons. The van der Waals surface area contributed by atoms with Crippen LogP contribution < -0.4 is 10.6 Å². The van der Waals surface area contributed by atoms with Crippen LogP contribution in [-0.2, 0) is 16.9 Å². The molecule has 1 aliphatic rings. The van der Waals surface area contributed by atoms with Crippen LogP contribution in [0.5, 0.6) is 0 Å². The molecule has 3 rings (SSSR count). The number of aromatic amines is 1. The lowest BCUT2D eigenvalue weighted by molar-refractivity contribution is -0.117. The number of carbonyl (C=O) groups is 2. The van der Waals surface area contributed by atoms with Gasteiger partial charge in [-0.05, 0) is 51.5 Å². The SMILES string of the molecule is CCS(C)(C)C(C)(C)C(=O)Nc1n[nH]c2c1CN(C(=O)NC(CO)c1ccccc1)C2(C)C. The molecule has 1 atom stereocenters. The number of hydrogen-bond donors (Lipinski definition) is 4. The van der Waals surface area contributed by atoms with Crippen molar-refractivity contribution in [3.63, 3.8) is 0 Å². The van der Waals surface area contributed by atoms with Gasteiger partial charge >= 0.3 is 6.03 Å². The first-order chi connectivity index (χ1) is 15.4. The summed E-state index contributed by atoms with van der Waals surface area (Å²) in [7, 11) is -1.15. The van der Waals surface area contributed by atoms with Crippen LogP contribution in [-0.4, -0.2) is 61.8 Å². The number of rotatable bonds is 7. The Hall–Kier alpha value is -2.52. The van der Waals surface area contributed by atoms with Crippen LogP contribution in [0.1, 0.15) is 57.5 Å². The Labute approximate surface area is 197 Å². The largest absolute Gasteiger partial charge is 0.394 e. The van der Waals surface area contributed by atoms with Crippen molar-refractivity contribution in [2.45, 2.75) is 57.5 Å². The summed E-state index contributed by atoms with van der Waals surface area (Å²) in [6, 6.07) is 8.59. The molecule has 0 saturated heterocycles. The minimum atomic E-state index is -1.15. The lowest BCUT2D eigenvalue weighted by Crippen LogP contribution is -2.48. The zero-order valence-corrected chi connectivity index (χ0v) is 21.5. The van der Waals surface area contributed by atoms with E-state index in [2.05, 4.69) is 40.3 Å². The van der Waals surface area contributed by atoms with Gasteiger partial charge in [0.2, 0.25) is 5.91 Å². The maximum Gasteiger partial charge on any atom is 0.319 e. The van der Waals surface area contributed by atoms with E-state index < -0.39 is 26.4 Å². The van der Waals surface area contributed by atoms with Gasteiger partial charge in [0.05, 0.1) is 35.2 Å². The number of nitrogens with one attached hydrogen (secondary N) is 3. The maximum absolute atomic E-state index is 13.2. The lowest BCUT2D eigenvalue weighted by atomic mass is 10.0. The van der Waals surface area contributed by atoms with Gasteiger partial charge in [-0.1, -0.05) is 37.3 Å². The molecule has 0 spiro atoms. The summed E-state index contributed by atoms with van der Waals surface area (Å²) in [5.74, 6) is 1.35. The summed E-state index contributed by atoms with van der Waals surface area (Å²) in [6.07, 6.45) is 4.34. The second kappa shape index (κ2) is 9.02. The molecular formula is C24H37N5O3S. The minimum absolute atomic E-state index is 0.0659. The molecule has 0 bridgehead atoms. The summed E-state index contributed by atoms with van der Waals surface area (Å²) in [5.41, 5.74) is 1.79. The Morgan fingerprint density at radius 2 is 1.91 bits per heavy atom. The molecule has 1 aromatic carbocycles. The van der Waals surface area contributed by atoms with E-state index in [0.717, 1.165) is 22.6 Å². The van der Waals surface area contributed by atoms with E-state index in [1.54, 1.807) is 4.90 Å². The number of benzene rings is 1. The third kappa shape index (κ3) is 4.48. The lowest BCUT2D eigenvalue weighted by Gasteiger charge is -2.44. The number of amides is 3. The predicted octanol–water partition coefficient (Wildman–Crippen LogP) is 3.70. The van der Waals surface area contributed by atoms with Gasteiger partial charge in [0, 0.05) is 5.56 Å². The van der Waals surface area contributed by atoms with Crippen molar-refractivity contribution < 1.29 is 14.7 Å². The van der Waals surface area contributed by atoms with Gasteiger partial charge in [-0.3, -0.25) is 9.89 Å². The van der Waals surface area contributed by atoms with Crippen molar-refractivity contribution in [2.24, 2.45) is 0 Å². The summed E-state index contributed by atoms with van der Waals surface area (Å²) in [4.78, 5) is 28.1. The van der Waals surface area contributed by atoms with E-state index in [1.165, 1.54) is 0 Å². The first kappa shape index (κ1) is 25.1. The van der Waals surface area contributed by atoms with Crippen molar-refractivity contribution in [3.8, 4) is 0 Å². The van der Waals surface area contributed by atoms with E-state index in [1.807, 2.05) is 58.0 Å². The number of aliphatic hydroxyl groups excluding tert-OH is 1. The summed E-state index contributed by atoms with van der Waals surface area (Å²) in [5, 5.41) is 23.2. The first-order valence-corrected chi connectivity index (χ1v) is 13.8. The van der Waals surface area contributed by atoms with Crippen LogP contribution in [0.4, 0.5) is 10.6 Å². The van der Waals surface area contributed by atoms with Crippen LogP contribution in [0.25, 0.3) is 0 Å². The van der Waals surface area contributed by atoms with E-state index in [-0.39, 0.29) is 18.5 Å². The fraction of sp³-hybridized carbons (Fsp3) is 0.542. The average Bonchev–Trinajstić information content (AvgIpc) is 3.30. The van der Waals surface area contributed by atoms with Crippen LogP contribution in [0, 0.1) is 0 Å². The number of aromatic nitrogens is 2. The molecule has 4 N–H and O–H groups in total. The van der Waals surface area contributed by atoms with Crippen LogP contribution in [0.2, 0.25) is 0 Å². The zero-order chi connectivity index (χ0) is 24.6. The quantitative estimate of drug-likeness (QED) is 0.489.